The summed E-state index contributed by atoms with van der Waals surface area (Å²) in [6.45, 7) is 4.11. The Labute approximate surface area is 68.8 Å². The highest BCUT2D eigenvalue weighted by atomic mass is 79.9. The van der Waals surface area contributed by atoms with Crippen LogP contribution in [0.2, 0.25) is 0 Å². The molecule has 1 rings (SSSR count). The lowest BCUT2D eigenvalue weighted by molar-refractivity contribution is 0.768. The summed E-state index contributed by atoms with van der Waals surface area (Å²) >= 11 is 3.22. The first-order chi connectivity index (χ1) is 4.70. The largest absolute Gasteiger partial charge is 0.240 e. The minimum Gasteiger partial charge on any atom is -0.240 e. The van der Waals surface area contributed by atoms with Crippen molar-refractivity contribution in [3.63, 3.8) is 0 Å². The quantitative estimate of drug-likeness (QED) is 0.649. The van der Waals surface area contributed by atoms with Crippen molar-refractivity contribution in [1.82, 2.24) is 9.97 Å². The third kappa shape index (κ3) is 1.77. The summed E-state index contributed by atoms with van der Waals surface area (Å²) in [6, 6.07) is 2.82. The van der Waals surface area contributed by atoms with Gasteiger partial charge < -0.3 is 0 Å². The molecule has 0 saturated carbocycles. The monoisotopic (exact) mass is 199 g/mol. The maximum Gasteiger partial charge on any atom is 0.132 e. The van der Waals surface area contributed by atoms with Crippen molar-refractivity contribution in [1.29, 1.82) is 0 Å². The molecule has 1 heterocycles. The zero-order valence-corrected chi connectivity index (χ0v) is 7.51. The predicted molar refractivity (Wildman–Crippen MR) is 42.7 cm³/mol. The van der Waals surface area contributed by atoms with Crippen LogP contribution in [0.1, 0.15) is 25.6 Å². The second-order valence-corrected chi connectivity index (χ2v) is 3.07. The molecule has 0 saturated heterocycles. The van der Waals surface area contributed by atoms with Crippen molar-refractivity contribution < 1.29 is 0 Å². The first kappa shape index (κ1) is 7.66. The normalized spacial score (nSPS) is 10.4. The van der Waals surface area contributed by atoms with Crippen LogP contribution in [0.4, 0.5) is 0 Å². The topological polar surface area (TPSA) is 25.8 Å². The maximum absolute atomic E-state index is 4.12. The molecular weight excluding hydrogens is 192 g/mol. The first-order valence-corrected chi connectivity index (χ1v) is 3.89. The van der Waals surface area contributed by atoms with E-state index in [0.29, 0.717) is 5.92 Å². The van der Waals surface area contributed by atoms with E-state index in [1.807, 2.05) is 0 Å². The van der Waals surface area contributed by atoms with Crippen molar-refractivity contribution >= 4 is 15.9 Å². The molecule has 0 bridgehead atoms. The second kappa shape index (κ2) is 3.10. The Hall–Kier alpha value is -0.440. The summed E-state index contributed by atoms with van der Waals surface area (Å²) in [7, 11) is 0. The van der Waals surface area contributed by atoms with Crippen LogP contribution < -0.4 is 0 Å². The lowest BCUT2D eigenvalue weighted by Gasteiger charge is -2.00. The third-order valence-corrected chi connectivity index (χ3v) is 1.52. The molecule has 0 spiro atoms. The second-order valence-electron chi connectivity index (χ2n) is 2.32. The zero-order chi connectivity index (χ0) is 7.56. The zero-order valence-electron chi connectivity index (χ0n) is 5.93. The van der Waals surface area contributed by atoms with E-state index in [1.165, 1.54) is 0 Å². The minimum atomic E-state index is 0.380. The van der Waals surface area contributed by atoms with E-state index in [0.717, 1.165) is 10.4 Å². The van der Waals surface area contributed by atoms with Gasteiger partial charge in [0.05, 0.1) is 0 Å². The van der Waals surface area contributed by atoms with E-state index in [-0.39, 0.29) is 0 Å². The smallest absolute Gasteiger partial charge is 0.132 e. The van der Waals surface area contributed by atoms with Gasteiger partial charge in [-0.05, 0) is 15.9 Å². The average Bonchev–Trinajstić information content (AvgIpc) is 1.88. The van der Waals surface area contributed by atoms with Gasteiger partial charge in [-0.1, -0.05) is 13.8 Å². The molecule has 0 aliphatic heterocycles. The lowest BCUT2D eigenvalue weighted by atomic mass is 10.2. The Bertz CT molecular complexity index is 223. The van der Waals surface area contributed by atoms with Crippen molar-refractivity contribution in [2.24, 2.45) is 0 Å². The highest BCUT2D eigenvalue weighted by Crippen LogP contribution is 2.10. The fraction of sp³-hybridized carbons (Fsp3) is 0.429. The molecule has 0 aromatic carbocycles. The molecule has 1 aromatic rings. The van der Waals surface area contributed by atoms with Crippen LogP contribution >= 0.6 is 15.9 Å². The van der Waals surface area contributed by atoms with Crippen LogP contribution in [0, 0.1) is 6.07 Å². The molecule has 53 valence electrons. The fourth-order valence-electron chi connectivity index (χ4n) is 0.592. The molecule has 0 atom stereocenters. The van der Waals surface area contributed by atoms with Gasteiger partial charge in [0, 0.05) is 18.2 Å². The number of hydrogen-bond donors (Lipinski definition) is 0. The summed E-state index contributed by atoms with van der Waals surface area (Å²) < 4.78 is 0.728. The van der Waals surface area contributed by atoms with Crippen LogP contribution in [-0.4, -0.2) is 9.97 Å². The van der Waals surface area contributed by atoms with Gasteiger partial charge in [0.2, 0.25) is 0 Å². The van der Waals surface area contributed by atoms with E-state index < -0.39 is 0 Å². The Balaban J connectivity index is 2.96. The Morgan fingerprint density at radius 3 is 2.70 bits per heavy atom. The van der Waals surface area contributed by atoms with Crippen LogP contribution in [0.5, 0.6) is 0 Å². The van der Waals surface area contributed by atoms with Crippen LogP contribution in [0.3, 0.4) is 0 Å². The number of halogens is 1. The van der Waals surface area contributed by atoms with Gasteiger partial charge in [-0.3, -0.25) is 0 Å². The Kier molecular flexibility index (Phi) is 2.38. The maximum atomic E-state index is 4.12. The van der Waals surface area contributed by atoms with E-state index in [4.69, 9.17) is 0 Å². The molecule has 0 fully saturated rings. The number of rotatable bonds is 1. The summed E-state index contributed by atoms with van der Waals surface area (Å²) in [4.78, 5) is 8.17. The molecule has 0 aliphatic rings. The third-order valence-electron chi connectivity index (χ3n) is 1.11. The highest BCUT2D eigenvalue weighted by molar-refractivity contribution is 9.10. The van der Waals surface area contributed by atoms with Gasteiger partial charge in [0.1, 0.15) is 10.4 Å². The molecule has 2 nitrogen and oxygen atoms in total. The SMILES string of the molecule is CC(C)c1nc[c]c(Br)n1. The van der Waals surface area contributed by atoms with E-state index in [9.17, 15) is 0 Å². The number of hydrogen-bond acceptors (Lipinski definition) is 2. The number of nitrogens with zero attached hydrogens (tertiary/aromatic N) is 2. The number of aromatic nitrogens is 2. The summed E-state index contributed by atoms with van der Waals surface area (Å²) in [5.41, 5.74) is 0. The van der Waals surface area contributed by atoms with Gasteiger partial charge >= 0.3 is 0 Å². The molecule has 0 unspecified atom stereocenters. The molecule has 0 N–H and O–H groups in total. The van der Waals surface area contributed by atoms with Crippen molar-refractivity contribution in [3.05, 3.63) is 22.7 Å². The van der Waals surface area contributed by atoms with Crippen molar-refractivity contribution in [2.75, 3.05) is 0 Å². The molecule has 1 aromatic heterocycles. The summed E-state index contributed by atoms with van der Waals surface area (Å²) in [5.74, 6) is 1.23. The van der Waals surface area contributed by atoms with Gasteiger partial charge in [0.15, 0.2) is 0 Å². The lowest BCUT2D eigenvalue weighted by Crippen LogP contribution is -1.95. The molecule has 10 heavy (non-hydrogen) atoms. The molecule has 3 heteroatoms. The Morgan fingerprint density at radius 1 is 1.60 bits per heavy atom. The highest BCUT2D eigenvalue weighted by Gasteiger charge is 2.00. The first-order valence-electron chi connectivity index (χ1n) is 3.10. The molecule has 0 amide bonds. The van der Waals surface area contributed by atoms with E-state index in [2.05, 4.69) is 45.8 Å². The summed E-state index contributed by atoms with van der Waals surface area (Å²) in [5, 5.41) is 0. The molecular formula is C7H8BrN2. The van der Waals surface area contributed by atoms with Gasteiger partial charge in [-0.2, -0.15) is 0 Å². The molecule has 1 radical (unpaired) electrons. The summed E-state index contributed by atoms with van der Waals surface area (Å²) in [6.07, 6.45) is 1.63. The van der Waals surface area contributed by atoms with Crippen LogP contribution in [0.25, 0.3) is 0 Å². The van der Waals surface area contributed by atoms with Crippen molar-refractivity contribution in [3.8, 4) is 0 Å². The predicted octanol–water partition coefficient (Wildman–Crippen LogP) is 2.16. The van der Waals surface area contributed by atoms with Crippen molar-refractivity contribution in [2.45, 2.75) is 19.8 Å². The van der Waals surface area contributed by atoms with Gasteiger partial charge in [-0.25, -0.2) is 9.97 Å². The van der Waals surface area contributed by atoms with Gasteiger partial charge in [-0.15, -0.1) is 0 Å². The van der Waals surface area contributed by atoms with Gasteiger partial charge in [0.25, 0.3) is 0 Å². The van der Waals surface area contributed by atoms with Crippen LogP contribution in [-0.2, 0) is 0 Å². The van der Waals surface area contributed by atoms with E-state index in [1.54, 1.807) is 6.20 Å². The average molecular weight is 200 g/mol. The Morgan fingerprint density at radius 2 is 2.30 bits per heavy atom. The standard InChI is InChI=1S/C7H8BrN2/c1-5(2)7-9-4-3-6(8)10-7/h4-5H,1-2H3. The van der Waals surface area contributed by atoms with E-state index >= 15 is 0 Å². The molecule has 0 aliphatic carbocycles. The fourth-order valence-corrected chi connectivity index (χ4v) is 0.876. The van der Waals surface area contributed by atoms with Crippen LogP contribution in [0.15, 0.2) is 10.8 Å². The minimum absolute atomic E-state index is 0.380.